The van der Waals surface area contributed by atoms with Crippen molar-refractivity contribution in [3.8, 4) is 0 Å². The monoisotopic (exact) mass is 281 g/mol. The Morgan fingerprint density at radius 3 is 2.85 bits per heavy atom. The van der Waals surface area contributed by atoms with E-state index in [1.54, 1.807) is 4.90 Å². The zero-order valence-corrected chi connectivity index (χ0v) is 11.1. The first kappa shape index (κ1) is 14.5. The fourth-order valence-corrected chi connectivity index (χ4v) is 2.43. The first-order valence-electron chi connectivity index (χ1n) is 6.36. The highest BCUT2D eigenvalue weighted by Crippen LogP contribution is 2.22. The fraction of sp³-hybridized carbons (Fsp3) is 0.429. The number of nitrogens with zero attached hydrogens (tertiary/aromatic N) is 1. The van der Waals surface area contributed by atoms with Gasteiger partial charge in [-0.1, -0.05) is 6.07 Å². The van der Waals surface area contributed by atoms with Crippen LogP contribution in [0.4, 0.5) is 4.39 Å². The molecule has 6 heteroatoms. The van der Waals surface area contributed by atoms with Crippen molar-refractivity contribution >= 4 is 11.9 Å². The Balaban J connectivity index is 2.14. The smallest absolute Gasteiger partial charge is 0.337 e. The third-order valence-corrected chi connectivity index (χ3v) is 3.50. The molecule has 1 fully saturated rings. The zero-order chi connectivity index (χ0) is 14.7. The summed E-state index contributed by atoms with van der Waals surface area (Å²) in [7, 11) is 1.23. The van der Waals surface area contributed by atoms with Gasteiger partial charge in [-0.05, 0) is 31.5 Å². The molecule has 0 aliphatic carbocycles. The van der Waals surface area contributed by atoms with Gasteiger partial charge in [0.2, 0.25) is 0 Å². The van der Waals surface area contributed by atoms with E-state index in [0.29, 0.717) is 18.5 Å². The van der Waals surface area contributed by atoms with E-state index in [4.69, 9.17) is 5.11 Å². The maximum absolute atomic E-state index is 13.9. The van der Waals surface area contributed by atoms with E-state index in [1.807, 2.05) is 0 Å². The Morgan fingerprint density at radius 2 is 2.25 bits per heavy atom. The van der Waals surface area contributed by atoms with Crippen LogP contribution in [0.5, 0.6) is 0 Å². The Kier molecular flexibility index (Phi) is 4.34. The summed E-state index contributed by atoms with van der Waals surface area (Å²) >= 11 is 0. The summed E-state index contributed by atoms with van der Waals surface area (Å²) < 4.78 is 18.5. The number of carboxylic acids is 1. The van der Waals surface area contributed by atoms with Crippen molar-refractivity contribution in [2.75, 3.05) is 13.7 Å². The first-order valence-corrected chi connectivity index (χ1v) is 6.36. The van der Waals surface area contributed by atoms with Gasteiger partial charge < -0.3 is 9.84 Å². The number of ether oxygens (including phenoxy) is 1. The second-order valence-corrected chi connectivity index (χ2v) is 4.76. The van der Waals surface area contributed by atoms with Gasteiger partial charge in [0.25, 0.3) is 0 Å². The average molecular weight is 281 g/mol. The number of esters is 1. The van der Waals surface area contributed by atoms with Crippen molar-refractivity contribution in [3.05, 3.63) is 35.1 Å². The molecule has 1 aliphatic rings. The molecule has 0 radical (unpaired) electrons. The fourth-order valence-electron chi connectivity index (χ4n) is 2.43. The first-order chi connectivity index (χ1) is 9.52. The molecule has 20 heavy (non-hydrogen) atoms. The number of hydrogen-bond donors (Lipinski definition) is 1. The van der Waals surface area contributed by atoms with Crippen LogP contribution in [0.3, 0.4) is 0 Å². The lowest BCUT2D eigenvalue weighted by Gasteiger charge is -2.21. The van der Waals surface area contributed by atoms with Crippen LogP contribution in [0.25, 0.3) is 0 Å². The largest absolute Gasteiger partial charge is 0.480 e. The second-order valence-electron chi connectivity index (χ2n) is 4.76. The minimum atomic E-state index is -0.880. The van der Waals surface area contributed by atoms with Crippen molar-refractivity contribution in [1.29, 1.82) is 0 Å². The number of benzene rings is 1. The van der Waals surface area contributed by atoms with E-state index in [9.17, 15) is 14.0 Å². The summed E-state index contributed by atoms with van der Waals surface area (Å²) in [5.74, 6) is -2.00. The third kappa shape index (κ3) is 2.96. The number of rotatable bonds is 4. The second kappa shape index (κ2) is 6.00. The van der Waals surface area contributed by atoms with Gasteiger partial charge in [-0.25, -0.2) is 9.18 Å². The SMILES string of the molecule is COC(=O)c1ccc(CN2CCCC2C(=O)O)c(F)c1. The molecule has 0 bridgehead atoms. The summed E-state index contributed by atoms with van der Waals surface area (Å²) in [6.45, 7) is 0.861. The molecule has 1 aromatic carbocycles. The molecule has 0 spiro atoms. The Hall–Kier alpha value is -1.95. The molecule has 108 valence electrons. The summed E-state index contributed by atoms with van der Waals surface area (Å²) in [5.41, 5.74) is 0.524. The molecule has 1 N–H and O–H groups in total. The van der Waals surface area contributed by atoms with Crippen molar-refractivity contribution < 1.29 is 23.8 Å². The van der Waals surface area contributed by atoms with Crippen molar-refractivity contribution in [2.45, 2.75) is 25.4 Å². The predicted molar refractivity (Wildman–Crippen MR) is 68.8 cm³/mol. The molecule has 0 saturated carbocycles. The van der Waals surface area contributed by atoms with Gasteiger partial charge in [0, 0.05) is 12.1 Å². The Bertz CT molecular complexity index is 532. The molecule has 2 rings (SSSR count). The minimum absolute atomic E-state index is 0.143. The molecule has 1 saturated heterocycles. The molecular formula is C14H16FNO4. The van der Waals surface area contributed by atoms with Crippen molar-refractivity contribution in [1.82, 2.24) is 4.90 Å². The maximum atomic E-state index is 13.9. The van der Waals surface area contributed by atoms with E-state index in [2.05, 4.69) is 4.74 Å². The number of carbonyl (C=O) groups excluding carboxylic acids is 1. The lowest BCUT2D eigenvalue weighted by molar-refractivity contribution is -0.142. The number of carbonyl (C=O) groups is 2. The number of methoxy groups -OCH3 is 1. The van der Waals surface area contributed by atoms with Gasteiger partial charge in [-0.15, -0.1) is 0 Å². The van der Waals surface area contributed by atoms with Crippen molar-refractivity contribution in [3.63, 3.8) is 0 Å². The highest BCUT2D eigenvalue weighted by Gasteiger charge is 2.30. The van der Waals surface area contributed by atoms with Crippen LogP contribution < -0.4 is 0 Å². The van der Waals surface area contributed by atoms with Crippen molar-refractivity contribution in [2.24, 2.45) is 0 Å². The summed E-state index contributed by atoms with van der Waals surface area (Å²) in [5, 5.41) is 9.08. The van der Waals surface area contributed by atoms with E-state index in [1.165, 1.54) is 19.2 Å². The molecule has 1 aliphatic heterocycles. The van der Waals surface area contributed by atoms with Gasteiger partial charge in [0.05, 0.1) is 12.7 Å². The van der Waals surface area contributed by atoms with Crippen LogP contribution in [0.1, 0.15) is 28.8 Å². The van der Waals surface area contributed by atoms with Crippen LogP contribution in [0.15, 0.2) is 18.2 Å². The summed E-state index contributed by atoms with van der Waals surface area (Å²) in [6, 6.07) is 3.54. The molecule has 5 nitrogen and oxygen atoms in total. The molecular weight excluding hydrogens is 265 g/mol. The number of halogens is 1. The Morgan fingerprint density at radius 1 is 1.50 bits per heavy atom. The number of carboxylic acid groups (broad SMARTS) is 1. The molecule has 0 amide bonds. The van der Waals surface area contributed by atoms with Gasteiger partial charge in [-0.2, -0.15) is 0 Å². The molecule has 1 unspecified atom stereocenters. The van der Waals surface area contributed by atoms with Crippen LogP contribution in [0.2, 0.25) is 0 Å². The lowest BCUT2D eigenvalue weighted by Crippen LogP contribution is -2.35. The van der Waals surface area contributed by atoms with Crippen LogP contribution in [-0.4, -0.2) is 41.6 Å². The molecule has 1 atom stereocenters. The number of aliphatic carboxylic acids is 1. The third-order valence-electron chi connectivity index (χ3n) is 3.50. The average Bonchev–Trinajstić information content (AvgIpc) is 2.88. The highest BCUT2D eigenvalue weighted by atomic mass is 19.1. The van der Waals surface area contributed by atoms with Crippen LogP contribution in [0, 0.1) is 5.82 Å². The van der Waals surface area contributed by atoms with E-state index >= 15 is 0 Å². The van der Waals surface area contributed by atoms with Gasteiger partial charge in [-0.3, -0.25) is 9.69 Å². The highest BCUT2D eigenvalue weighted by molar-refractivity contribution is 5.89. The lowest BCUT2D eigenvalue weighted by atomic mass is 10.1. The Labute approximate surface area is 116 Å². The number of likely N-dealkylation sites (tertiary alicyclic amines) is 1. The van der Waals surface area contributed by atoms with E-state index < -0.39 is 23.8 Å². The predicted octanol–water partition coefficient (Wildman–Crippen LogP) is 1.66. The normalized spacial score (nSPS) is 19.0. The molecule has 0 aromatic heterocycles. The summed E-state index contributed by atoms with van der Waals surface area (Å²) in [4.78, 5) is 24.1. The topological polar surface area (TPSA) is 66.8 Å². The van der Waals surface area contributed by atoms with Crippen LogP contribution in [-0.2, 0) is 16.1 Å². The zero-order valence-electron chi connectivity index (χ0n) is 11.1. The number of hydrogen-bond acceptors (Lipinski definition) is 4. The minimum Gasteiger partial charge on any atom is -0.480 e. The standard InChI is InChI=1S/C14H16FNO4/c1-20-14(19)9-4-5-10(11(15)7-9)8-16-6-2-3-12(16)13(17)18/h4-5,7,12H,2-3,6,8H2,1H3,(H,17,18). The molecule has 1 aromatic rings. The van der Waals surface area contributed by atoms with Gasteiger partial charge in [0.1, 0.15) is 11.9 Å². The van der Waals surface area contributed by atoms with Gasteiger partial charge in [0.15, 0.2) is 0 Å². The summed E-state index contributed by atoms with van der Waals surface area (Å²) in [6.07, 6.45) is 1.37. The molecule has 1 heterocycles. The van der Waals surface area contributed by atoms with E-state index in [-0.39, 0.29) is 12.1 Å². The maximum Gasteiger partial charge on any atom is 0.337 e. The van der Waals surface area contributed by atoms with Gasteiger partial charge >= 0.3 is 11.9 Å². The van der Waals surface area contributed by atoms with E-state index in [0.717, 1.165) is 12.5 Å². The van der Waals surface area contributed by atoms with Crippen LogP contribution >= 0.6 is 0 Å². The quantitative estimate of drug-likeness (QED) is 0.850.